The third kappa shape index (κ3) is 2.91. The van der Waals surface area contributed by atoms with Crippen LogP contribution in [-0.4, -0.2) is 15.9 Å². The Labute approximate surface area is 131 Å². The number of nitrogens with zero attached hydrogens (tertiary/aromatic N) is 2. The van der Waals surface area contributed by atoms with E-state index in [1.54, 1.807) is 22.7 Å². The average molecular weight is 326 g/mol. The summed E-state index contributed by atoms with van der Waals surface area (Å²) in [5.74, 6) is 0. The van der Waals surface area contributed by atoms with Gasteiger partial charge in [0, 0.05) is 35.1 Å². The molecule has 20 heavy (non-hydrogen) atoms. The normalized spacial score (nSPS) is 13.1. The summed E-state index contributed by atoms with van der Waals surface area (Å²) in [6, 6.07) is 2.21. The maximum atomic E-state index is 6.28. The highest BCUT2D eigenvalue weighted by Gasteiger charge is 2.18. The van der Waals surface area contributed by atoms with Crippen LogP contribution in [0.15, 0.2) is 29.2 Å². The van der Waals surface area contributed by atoms with Gasteiger partial charge in [-0.25, -0.2) is 4.98 Å². The van der Waals surface area contributed by atoms with Gasteiger partial charge in [-0.2, -0.15) is 0 Å². The van der Waals surface area contributed by atoms with Crippen LogP contribution < -0.4 is 5.32 Å². The first kappa shape index (κ1) is 14.1. The van der Waals surface area contributed by atoms with Gasteiger partial charge in [-0.1, -0.05) is 18.5 Å². The molecule has 1 atom stereocenters. The van der Waals surface area contributed by atoms with E-state index in [1.807, 2.05) is 17.6 Å². The smallest absolute Gasteiger partial charge is 0.193 e. The first-order valence-electron chi connectivity index (χ1n) is 6.65. The summed E-state index contributed by atoms with van der Waals surface area (Å²) < 4.78 is 2.08. The predicted molar refractivity (Wildman–Crippen MR) is 87.1 cm³/mol. The van der Waals surface area contributed by atoms with Gasteiger partial charge in [0.25, 0.3) is 0 Å². The average Bonchev–Trinajstić information content (AvgIpc) is 3.10. The minimum atomic E-state index is 0.243. The third-order valence-electron chi connectivity index (χ3n) is 3.16. The number of thiazole rings is 1. The molecule has 0 aromatic carbocycles. The molecule has 3 aromatic rings. The molecule has 3 rings (SSSR count). The number of aromatic nitrogens is 2. The van der Waals surface area contributed by atoms with Gasteiger partial charge in [-0.05, 0) is 24.4 Å². The highest BCUT2D eigenvalue weighted by atomic mass is 35.5. The lowest BCUT2D eigenvalue weighted by molar-refractivity contribution is 0.533. The van der Waals surface area contributed by atoms with Crippen molar-refractivity contribution in [1.82, 2.24) is 14.7 Å². The van der Waals surface area contributed by atoms with Crippen molar-refractivity contribution in [3.05, 3.63) is 44.8 Å². The van der Waals surface area contributed by atoms with Crippen LogP contribution >= 0.6 is 34.3 Å². The fourth-order valence-electron chi connectivity index (χ4n) is 2.21. The molecule has 0 saturated heterocycles. The Balaban J connectivity index is 1.82. The van der Waals surface area contributed by atoms with Crippen molar-refractivity contribution in [2.45, 2.75) is 25.8 Å². The molecule has 0 saturated carbocycles. The fourth-order valence-corrected chi connectivity index (χ4v) is 4.20. The fraction of sp³-hybridized carbons (Fsp3) is 0.357. The Bertz CT molecular complexity index is 657. The monoisotopic (exact) mass is 325 g/mol. The van der Waals surface area contributed by atoms with Crippen molar-refractivity contribution < 1.29 is 0 Å². The summed E-state index contributed by atoms with van der Waals surface area (Å²) in [5, 5.41) is 8.53. The molecule has 0 bridgehead atoms. The van der Waals surface area contributed by atoms with Crippen molar-refractivity contribution in [3.8, 4) is 0 Å². The lowest BCUT2D eigenvalue weighted by Gasteiger charge is -2.16. The second kappa shape index (κ2) is 6.26. The lowest BCUT2D eigenvalue weighted by atomic mass is 10.1. The molecule has 3 heterocycles. The van der Waals surface area contributed by atoms with Crippen LogP contribution in [0.25, 0.3) is 4.96 Å². The van der Waals surface area contributed by atoms with E-state index in [4.69, 9.17) is 11.6 Å². The van der Waals surface area contributed by atoms with Crippen molar-refractivity contribution in [2.24, 2.45) is 0 Å². The highest BCUT2D eigenvalue weighted by Crippen LogP contribution is 2.31. The Morgan fingerprint density at radius 2 is 2.30 bits per heavy atom. The van der Waals surface area contributed by atoms with Crippen molar-refractivity contribution in [2.75, 3.05) is 6.54 Å². The molecule has 0 spiro atoms. The van der Waals surface area contributed by atoms with Gasteiger partial charge in [-0.3, -0.25) is 4.40 Å². The first-order chi connectivity index (χ1) is 9.78. The Hall–Kier alpha value is -0.880. The summed E-state index contributed by atoms with van der Waals surface area (Å²) in [5.41, 5.74) is 1.11. The van der Waals surface area contributed by atoms with E-state index in [9.17, 15) is 0 Å². The van der Waals surface area contributed by atoms with Gasteiger partial charge in [0.2, 0.25) is 0 Å². The Kier molecular flexibility index (Phi) is 4.41. The summed E-state index contributed by atoms with van der Waals surface area (Å²) in [6.45, 7) is 3.16. The van der Waals surface area contributed by atoms with Crippen LogP contribution in [0.5, 0.6) is 0 Å². The predicted octanol–water partition coefficient (Wildman–Crippen LogP) is 4.39. The molecule has 0 radical (unpaired) electrons. The zero-order chi connectivity index (χ0) is 13.9. The first-order valence-corrected chi connectivity index (χ1v) is 8.79. The molecular weight excluding hydrogens is 310 g/mol. The second-order valence-electron chi connectivity index (χ2n) is 4.67. The van der Waals surface area contributed by atoms with Crippen LogP contribution in [0.2, 0.25) is 5.02 Å². The number of hydrogen-bond donors (Lipinski definition) is 1. The largest absolute Gasteiger partial charge is 0.309 e. The molecule has 6 heteroatoms. The lowest BCUT2D eigenvalue weighted by Crippen LogP contribution is -2.23. The van der Waals surface area contributed by atoms with Crippen LogP contribution in [0.4, 0.5) is 0 Å². The van der Waals surface area contributed by atoms with Crippen LogP contribution in [0, 0.1) is 0 Å². The van der Waals surface area contributed by atoms with Gasteiger partial charge < -0.3 is 5.32 Å². The van der Waals surface area contributed by atoms with Crippen molar-refractivity contribution in [3.63, 3.8) is 0 Å². The molecule has 0 fully saturated rings. The quantitative estimate of drug-likeness (QED) is 0.728. The number of rotatable bonds is 6. The van der Waals surface area contributed by atoms with Gasteiger partial charge in [0.05, 0.1) is 10.7 Å². The molecule has 0 aliphatic rings. The van der Waals surface area contributed by atoms with E-state index in [-0.39, 0.29) is 6.04 Å². The van der Waals surface area contributed by atoms with Gasteiger partial charge in [0.15, 0.2) is 4.96 Å². The zero-order valence-corrected chi connectivity index (χ0v) is 13.6. The Morgan fingerprint density at radius 1 is 1.40 bits per heavy atom. The summed E-state index contributed by atoms with van der Waals surface area (Å²) >= 11 is 9.66. The van der Waals surface area contributed by atoms with Crippen molar-refractivity contribution >= 4 is 39.2 Å². The molecule has 1 N–H and O–H groups in total. The molecule has 0 aliphatic heterocycles. The number of halogens is 1. The summed E-state index contributed by atoms with van der Waals surface area (Å²) in [6.07, 6.45) is 6.13. The standard InChI is InChI=1S/C14H16ClN3S2/c1-2-4-16-12(13-11(15)3-6-19-13)8-10-9-18-5-7-20-14(18)17-10/h3,5-7,9,12,16H,2,4,8H2,1H3. The SMILES string of the molecule is CCCNC(Cc1cn2ccsc2n1)c1sccc1Cl. The third-order valence-corrected chi connectivity index (χ3v) is 5.40. The van der Waals surface area contributed by atoms with Gasteiger partial charge >= 0.3 is 0 Å². The molecule has 0 amide bonds. The molecule has 3 aromatic heterocycles. The van der Waals surface area contributed by atoms with E-state index in [1.165, 1.54) is 4.88 Å². The maximum absolute atomic E-state index is 6.28. The summed E-state index contributed by atoms with van der Waals surface area (Å²) in [4.78, 5) is 6.92. The van der Waals surface area contributed by atoms with E-state index in [0.717, 1.165) is 35.1 Å². The molecule has 106 valence electrons. The molecular formula is C14H16ClN3S2. The van der Waals surface area contributed by atoms with Crippen molar-refractivity contribution in [1.29, 1.82) is 0 Å². The van der Waals surface area contributed by atoms with Gasteiger partial charge in [-0.15, -0.1) is 22.7 Å². The number of imidazole rings is 1. The zero-order valence-electron chi connectivity index (χ0n) is 11.2. The Morgan fingerprint density at radius 3 is 3.00 bits per heavy atom. The van der Waals surface area contributed by atoms with Crippen LogP contribution in [0.3, 0.4) is 0 Å². The van der Waals surface area contributed by atoms with E-state index >= 15 is 0 Å². The number of nitrogens with one attached hydrogen (secondary N) is 1. The highest BCUT2D eigenvalue weighted by molar-refractivity contribution is 7.15. The van der Waals surface area contributed by atoms with E-state index in [0.29, 0.717) is 0 Å². The van der Waals surface area contributed by atoms with Crippen LogP contribution in [0.1, 0.15) is 30.0 Å². The second-order valence-corrected chi connectivity index (χ2v) is 6.90. The van der Waals surface area contributed by atoms with Crippen LogP contribution in [-0.2, 0) is 6.42 Å². The van der Waals surface area contributed by atoms with E-state index < -0.39 is 0 Å². The number of hydrogen-bond acceptors (Lipinski definition) is 4. The minimum absolute atomic E-state index is 0.243. The number of thiophene rings is 1. The minimum Gasteiger partial charge on any atom is -0.309 e. The molecule has 1 unspecified atom stereocenters. The topological polar surface area (TPSA) is 29.3 Å². The maximum Gasteiger partial charge on any atom is 0.193 e. The molecule has 3 nitrogen and oxygen atoms in total. The molecule has 0 aliphatic carbocycles. The number of fused-ring (bicyclic) bond motifs is 1. The summed E-state index contributed by atoms with van der Waals surface area (Å²) in [7, 11) is 0. The van der Waals surface area contributed by atoms with Gasteiger partial charge in [0.1, 0.15) is 0 Å². The van der Waals surface area contributed by atoms with E-state index in [2.05, 4.69) is 33.2 Å².